The molecule has 1 aromatic rings. The van der Waals surface area contributed by atoms with Crippen LogP contribution in [0.15, 0.2) is 11.0 Å². The zero-order chi connectivity index (χ0) is 13.1. The van der Waals surface area contributed by atoms with Crippen LogP contribution in [0, 0.1) is 16.7 Å². The molecule has 0 radical (unpaired) electrons. The Balaban J connectivity index is 3.05. The summed E-state index contributed by atoms with van der Waals surface area (Å²) in [5.74, 6) is 0.226. The Labute approximate surface area is 101 Å². The van der Waals surface area contributed by atoms with Crippen LogP contribution in [-0.2, 0) is 6.54 Å². The van der Waals surface area contributed by atoms with Gasteiger partial charge in [0.05, 0.1) is 13.3 Å². The number of hydrogen-bond donors (Lipinski definition) is 0. The van der Waals surface area contributed by atoms with E-state index in [0.717, 1.165) is 6.42 Å². The second kappa shape index (κ2) is 5.00. The Kier molecular flexibility index (Phi) is 3.89. The molecular formula is C12H17N3O2. The van der Waals surface area contributed by atoms with Crippen molar-refractivity contribution < 1.29 is 4.74 Å². The van der Waals surface area contributed by atoms with Crippen LogP contribution in [0.5, 0.6) is 5.75 Å². The Bertz CT molecular complexity index is 492. The van der Waals surface area contributed by atoms with Crippen molar-refractivity contribution in [2.45, 2.75) is 33.7 Å². The molecule has 1 heterocycles. The summed E-state index contributed by atoms with van der Waals surface area (Å²) < 4.78 is 6.23. The van der Waals surface area contributed by atoms with Gasteiger partial charge in [0, 0.05) is 6.54 Å². The minimum Gasteiger partial charge on any atom is -0.493 e. The van der Waals surface area contributed by atoms with E-state index in [1.54, 1.807) is 0 Å². The molecule has 92 valence electrons. The van der Waals surface area contributed by atoms with Gasteiger partial charge in [-0.25, -0.2) is 4.68 Å². The Hall–Kier alpha value is -1.83. The van der Waals surface area contributed by atoms with Gasteiger partial charge in [0.15, 0.2) is 11.3 Å². The molecule has 0 aromatic carbocycles. The van der Waals surface area contributed by atoms with Gasteiger partial charge < -0.3 is 4.74 Å². The maximum atomic E-state index is 11.9. The highest BCUT2D eigenvalue weighted by atomic mass is 16.5. The van der Waals surface area contributed by atoms with Crippen LogP contribution < -0.4 is 10.3 Å². The van der Waals surface area contributed by atoms with E-state index < -0.39 is 5.56 Å². The van der Waals surface area contributed by atoms with Crippen molar-refractivity contribution >= 4 is 0 Å². The summed E-state index contributed by atoms with van der Waals surface area (Å²) in [6.07, 6.45) is 2.22. The number of aromatic nitrogens is 2. The van der Waals surface area contributed by atoms with Crippen molar-refractivity contribution in [1.29, 1.82) is 5.26 Å². The molecule has 5 heteroatoms. The first-order valence-corrected chi connectivity index (χ1v) is 5.43. The lowest BCUT2D eigenvalue weighted by atomic mass is 9.92. The zero-order valence-corrected chi connectivity index (χ0v) is 10.6. The summed E-state index contributed by atoms with van der Waals surface area (Å²) >= 11 is 0. The second-order valence-electron chi connectivity index (χ2n) is 5.04. The Morgan fingerprint density at radius 1 is 1.53 bits per heavy atom. The van der Waals surface area contributed by atoms with Crippen LogP contribution in [0.4, 0.5) is 0 Å². The van der Waals surface area contributed by atoms with Gasteiger partial charge in [0.25, 0.3) is 5.56 Å². The van der Waals surface area contributed by atoms with E-state index in [1.165, 1.54) is 18.0 Å². The highest BCUT2D eigenvalue weighted by Crippen LogP contribution is 2.19. The van der Waals surface area contributed by atoms with Crippen molar-refractivity contribution in [3.63, 3.8) is 0 Å². The molecule has 1 rings (SSSR count). The molecule has 0 aliphatic carbocycles. The second-order valence-corrected chi connectivity index (χ2v) is 5.04. The van der Waals surface area contributed by atoms with Gasteiger partial charge in [-0.15, -0.1) is 0 Å². The van der Waals surface area contributed by atoms with Gasteiger partial charge in [0.1, 0.15) is 6.07 Å². The summed E-state index contributed by atoms with van der Waals surface area (Å²) in [5.41, 5.74) is -0.263. The van der Waals surface area contributed by atoms with Crippen molar-refractivity contribution in [2.75, 3.05) is 7.11 Å². The van der Waals surface area contributed by atoms with Gasteiger partial charge in [-0.05, 0) is 11.8 Å². The highest BCUT2D eigenvalue weighted by molar-refractivity contribution is 5.38. The molecular weight excluding hydrogens is 218 g/mol. The molecule has 0 atom stereocenters. The lowest BCUT2D eigenvalue weighted by molar-refractivity contribution is 0.333. The summed E-state index contributed by atoms with van der Waals surface area (Å²) in [6, 6.07) is 1.85. The first-order chi connectivity index (χ1) is 7.89. The minimum atomic E-state index is -0.392. The summed E-state index contributed by atoms with van der Waals surface area (Å²) in [4.78, 5) is 11.9. The van der Waals surface area contributed by atoms with Crippen LogP contribution in [0.3, 0.4) is 0 Å². The quantitative estimate of drug-likeness (QED) is 0.797. The summed E-state index contributed by atoms with van der Waals surface area (Å²) in [6.45, 7) is 6.77. The van der Waals surface area contributed by atoms with E-state index in [1.807, 2.05) is 6.07 Å². The Morgan fingerprint density at radius 2 is 2.18 bits per heavy atom. The predicted octanol–water partition coefficient (Wildman–Crippen LogP) is 1.56. The maximum absolute atomic E-state index is 11.9. The molecule has 0 unspecified atom stereocenters. The SMILES string of the molecule is COc1cnn(CCC(C)(C)C)c(=O)c1C#N. The minimum absolute atomic E-state index is 0.0106. The van der Waals surface area contributed by atoms with Crippen LogP contribution in [0.1, 0.15) is 32.8 Å². The lowest BCUT2D eigenvalue weighted by Crippen LogP contribution is -2.27. The van der Waals surface area contributed by atoms with Crippen molar-refractivity contribution in [1.82, 2.24) is 9.78 Å². The van der Waals surface area contributed by atoms with Crippen molar-refractivity contribution in [3.05, 3.63) is 22.1 Å². The van der Waals surface area contributed by atoms with E-state index in [-0.39, 0.29) is 16.7 Å². The number of nitriles is 1. The third-order valence-corrected chi connectivity index (χ3v) is 2.41. The van der Waals surface area contributed by atoms with E-state index in [2.05, 4.69) is 25.9 Å². The molecule has 0 saturated heterocycles. The fourth-order valence-corrected chi connectivity index (χ4v) is 1.33. The molecule has 0 N–H and O–H groups in total. The fraction of sp³-hybridized carbons (Fsp3) is 0.583. The van der Waals surface area contributed by atoms with Gasteiger partial charge in [0.2, 0.25) is 0 Å². The van der Waals surface area contributed by atoms with Crippen molar-refractivity contribution in [2.24, 2.45) is 5.41 Å². The number of rotatable bonds is 3. The monoisotopic (exact) mass is 235 g/mol. The van der Waals surface area contributed by atoms with Crippen LogP contribution in [0.2, 0.25) is 0 Å². The number of nitrogens with zero attached hydrogens (tertiary/aromatic N) is 3. The highest BCUT2D eigenvalue weighted by Gasteiger charge is 2.14. The van der Waals surface area contributed by atoms with Crippen LogP contribution in [-0.4, -0.2) is 16.9 Å². The molecule has 0 saturated carbocycles. The van der Waals surface area contributed by atoms with E-state index in [4.69, 9.17) is 10.00 Å². The molecule has 1 aromatic heterocycles. The van der Waals surface area contributed by atoms with Crippen molar-refractivity contribution in [3.8, 4) is 11.8 Å². The van der Waals surface area contributed by atoms with E-state index in [0.29, 0.717) is 6.54 Å². The molecule has 0 bridgehead atoms. The first kappa shape index (κ1) is 13.2. The maximum Gasteiger partial charge on any atom is 0.288 e. The van der Waals surface area contributed by atoms with Gasteiger partial charge in [-0.3, -0.25) is 4.79 Å². The zero-order valence-electron chi connectivity index (χ0n) is 10.6. The molecule has 0 fully saturated rings. The van der Waals surface area contributed by atoms with Gasteiger partial charge in [-0.2, -0.15) is 10.4 Å². The van der Waals surface area contributed by atoms with Gasteiger partial charge >= 0.3 is 0 Å². The number of hydrogen-bond acceptors (Lipinski definition) is 4. The predicted molar refractivity (Wildman–Crippen MR) is 63.8 cm³/mol. The molecule has 0 amide bonds. The molecule has 5 nitrogen and oxygen atoms in total. The van der Waals surface area contributed by atoms with Gasteiger partial charge in [-0.1, -0.05) is 20.8 Å². The average molecular weight is 235 g/mol. The summed E-state index contributed by atoms with van der Waals surface area (Å²) in [5, 5.41) is 12.9. The van der Waals surface area contributed by atoms with E-state index in [9.17, 15) is 4.79 Å². The van der Waals surface area contributed by atoms with Crippen LogP contribution in [0.25, 0.3) is 0 Å². The molecule has 0 aliphatic rings. The first-order valence-electron chi connectivity index (χ1n) is 5.43. The third-order valence-electron chi connectivity index (χ3n) is 2.41. The molecule has 0 aliphatic heterocycles. The topological polar surface area (TPSA) is 67.9 Å². The Morgan fingerprint density at radius 3 is 2.65 bits per heavy atom. The number of ether oxygens (including phenoxy) is 1. The molecule has 17 heavy (non-hydrogen) atoms. The standard InChI is InChI=1S/C12H17N3O2/c1-12(2,3)5-6-15-11(16)9(7-13)10(17-4)8-14-15/h8H,5-6H2,1-4H3. The lowest BCUT2D eigenvalue weighted by Gasteiger charge is -2.18. The largest absolute Gasteiger partial charge is 0.493 e. The number of aryl methyl sites for hydroxylation is 1. The number of methoxy groups -OCH3 is 1. The average Bonchev–Trinajstić information content (AvgIpc) is 2.25. The normalized spacial score (nSPS) is 11.0. The summed E-state index contributed by atoms with van der Waals surface area (Å²) in [7, 11) is 1.41. The smallest absolute Gasteiger partial charge is 0.288 e. The third kappa shape index (κ3) is 3.31. The molecule has 0 spiro atoms. The fourth-order valence-electron chi connectivity index (χ4n) is 1.33. The van der Waals surface area contributed by atoms with Crippen LogP contribution >= 0.6 is 0 Å². The van der Waals surface area contributed by atoms with E-state index >= 15 is 0 Å².